The molecule has 0 radical (unpaired) electrons. The molecule has 0 aliphatic rings. The van der Waals surface area contributed by atoms with Gasteiger partial charge in [0.25, 0.3) is 0 Å². The molecule has 132 valence electrons. The molecule has 0 aliphatic heterocycles. The van der Waals surface area contributed by atoms with Crippen LogP contribution in [0.4, 0.5) is 0 Å². The maximum absolute atomic E-state index is 12.7. The van der Waals surface area contributed by atoms with E-state index in [2.05, 4.69) is 9.71 Å². The first-order chi connectivity index (χ1) is 11.9. The van der Waals surface area contributed by atoms with Crippen LogP contribution in [0.25, 0.3) is 10.7 Å². The van der Waals surface area contributed by atoms with Gasteiger partial charge in [0.05, 0.1) is 5.69 Å². The summed E-state index contributed by atoms with van der Waals surface area (Å²) < 4.78 is 30.0. The molecule has 1 N–H and O–H groups in total. The number of benzene rings is 1. The number of rotatable bonds is 6. The molecule has 7 heteroatoms. The van der Waals surface area contributed by atoms with E-state index in [-0.39, 0.29) is 0 Å². The van der Waals surface area contributed by atoms with Crippen LogP contribution in [0.5, 0.6) is 0 Å². The van der Waals surface area contributed by atoms with E-state index < -0.39 is 10.0 Å². The maximum atomic E-state index is 12.7. The molecule has 0 bridgehead atoms. The largest absolute Gasteiger partial charge is 0.345 e. The highest BCUT2D eigenvalue weighted by atomic mass is 32.2. The second kappa shape index (κ2) is 7.11. The van der Waals surface area contributed by atoms with Gasteiger partial charge in [0.2, 0.25) is 10.0 Å². The van der Waals surface area contributed by atoms with Gasteiger partial charge >= 0.3 is 0 Å². The Morgan fingerprint density at radius 3 is 2.56 bits per heavy atom. The van der Waals surface area contributed by atoms with Crippen molar-refractivity contribution in [3.63, 3.8) is 0 Å². The Kier molecular flexibility index (Phi) is 5.08. The van der Waals surface area contributed by atoms with E-state index in [9.17, 15) is 8.42 Å². The van der Waals surface area contributed by atoms with Gasteiger partial charge in [-0.1, -0.05) is 30.3 Å². The number of aromatic nitrogens is 2. The minimum Gasteiger partial charge on any atom is -0.345 e. The molecule has 1 aromatic carbocycles. The van der Waals surface area contributed by atoms with Crippen molar-refractivity contribution in [2.24, 2.45) is 7.05 Å². The molecule has 0 fully saturated rings. The lowest BCUT2D eigenvalue weighted by atomic mass is 10.2. The lowest BCUT2D eigenvalue weighted by molar-refractivity contribution is 0.580. The molecule has 0 amide bonds. The molecule has 0 saturated carbocycles. The van der Waals surface area contributed by atoms with Crippen molar-refractivity contribution in [2.45, 2.75) is 25.2 Å². The van der Waals surface area contributed by atoms with Gasteiger partial charge in [-0.25, -0.2) is 18.1 Å². The fourth-order valence-corrected chi connectivity index (χ4v) is 4.84. The van der Waals surface area contributed by atoms with E-state index in [1.807, 2.05) is 61.2 Å². The van der Waals surface area contributed by atoms with Gasteiger partial charge in [0.1, 0.15) is 9.90 Å². The van der Waals surface area contributed by atoms with Crippen molar-refractivity contribution in [1.82, 2.24) is 14.3 Å². The van der Waals surface area contributed by atoms with Crippen molar-refractivity contribution in [1.29, 1.82) is 0 Å². The Hall–Kier alpha value is -1.96. The molecule has 0 unspecified atom stereocenters. The van der Waals surface area contributed by atoms with E-state index in [1.165, 1.54) is 11.3 Å². The van der Waals surface area contributed by atoms with Crippen molar-refractivity contribution >= 4 is 21.4 Å². The van der Waals surface area contributed by atoms with Crippen LogP contribution in [0, 0.1) is 13.8 Å². The molecule has 0 atom stereocenters. The van der Waals surface area contributed by atoms with Gasteiger partial charge in [-0.15, -0.1) is 11.3 Å². The van der Waals surface area contributed by atoms with Crippen molar-refractivity contribution in [3.05, 3.63) is 58.7 Å². The quantitative estimate of drug-likeness (QED) is 0.719. The van der Waals surface area contributed by atoms with E-state index >= 15 is 0 Å². The molecule has 0 aliphatic carbocycles. The zero-order valence-corrected chi connectivity index (χ0v) is 16.1. The Bertz CT molecular complexity index is 973. The molecule has 0 spiro atoms. The third-order valence-electron chi connectivity index (χ3n) is 4.17. The van der Waals surface area contributed by atoms with Crippen LogP contribution in [-0.4, -0.2) is 24.5 Å². The third kappa shape index (κ3) is 3.84. The normalized spacial score (nSPS) is 11.8. The molecule has 2 heterocycles. The molecule has 2 aromatic heterocycles. The van der Waals surface area contributed by atoms with Gasteiger partial charge in [-0.2, -0.15) is 0 Å². The molecule has 3 rings (SSSR count). The summed E-state index contributed by atoms with van der Waals surface area (Å²) in [6.07, 6.45) is 0.657. The van der Waals surface area contributed by atoms with E-state index in [0.717, 1.165) is 22.0 Å². The number of aryl methyl sites for hydroxylation is 1. The van der Waals surface area contributed by atoms with Crippen molar-refractivity contribution in [3.8, 4) is 10.7 Å². The molecule has 5 nitrogen and oxygen atoms in total. The summed E-state index contributed by atoms with van der Waals surface area (Å²) in [5.74, 6) is 0. The van der Waals surface area contributed by atoms with Gasteiger partial charge in [-0.3, -0.25) is 0 Å². The summed E-state index contributed by atoms with van der Waals surface area (Å²) >= 11 is 1.52. The Morgan fingerprint density at radius 1 is 1.20 bits per heavy atom. The Balaban J connectivity index is 1.80. The summed E-state index contributed by atoms with van der Waals surface area (Å²) in [5, 5.41) is 2.79. The highest BCUT2D eigenvalue weighted by Crippen LogP contribution is 2.29. The minimum absolute atomic E-state index is 0.311. The standard InChI is InChI=1S/C18H21N3O2S2/c1-13-12-24-18(20-13)16-11-17(14(2)21(16)3)25(22,23)19-10-9-15-7-5-4-6-8-15/h4-8,11-12,19H,9-10H2,1-3H3. The first kappa shape index (κ1) is 17.8. The lowest BCUT2D eigenvalue weighted by Gasteiger charge is -2.07. The van der Waals surface area contributed by atoms with Crippen molar-refractivity contribution in [2.75, 3.05) is 6.54 Å². The van der Waals surface area contributed by atoms with E-state index in [0.29, 0.717) is 23.6 Å². The minimum atomic E-state index is -3.56. The highest BCUT2D eigenvalue weighted by molar-refractivity contribution is 7.89. The number of nitrogens with zero attached hydrogens (tertiary/aromatic N) is 2. The highest BCUT2D eigenvalue weighted by Gasteiger charge is 2.22. The first-order valence-corrected chi connectivity index (χ1v) is 10.4. The zero-order chi connectivity index (χ0) is 18.0. The number of sulfonamides is 1. The average molecular weight is 376 g/mol. The maximum Gasteiger partial charge on any atom is 0.242 e. The monoisotopic (exact) mass is 375 g/mol. The SMILES string of the molecule is Cc1csc(-c2cc(S(=O)(=O)NCCc3ccccc3)c(C)n2C)n1. The Morgan fingerprint density at radius 2 is 1.92 bits per heavy atom. The average Bonchev–Trinajstić information content (AvgIpc) is 3.13. The van der Waals surface area contributed by atoms with Crippen LogP contribution in [0.2, 0.25) is 0 Å². The molecular weight excluding hydrogens is 354 g/mol. The molecule has 25 heavy (non-hydrogen) atoms. The van der Waals surface area contributed by atoms with Gasteiger partial charge in [0.15, 0.2) is 0 Å². The van der Waals surface area contributed by atoms with Crippen LogP contribution in [0.1, 0.15) is 17.0 Å². The smallest absolute Gasteiger partial charge is 0.242 e. The molecular formula is C18H21N3O2S2. The van der Waals surface area contributed by atoms with Crippen LogP contribution in [0.3, 0.4) is 0 Å². The van der Waals surface area contributed by atoms with Crippen molar-refractivity contribution < 1.29 is 8.42 Å². The predicted molar refractivity (Wildman–Crippen MR) is 101 cm³/mol. The number of hydrogen-bond acceptors (Lipinski definition) is 4. The fraction of sp³-hybridized carbons (Fsp3) is 0.278. The lowest BCUT2D eigenvalue weighted by Crippen LogP contribution is -2.26. The fourth-order valence-electron chi connectivity index (χ4n) is 2.67. The van der Waals surface area contributed by atoms with Crippen LogP contribution in [0.15, 0.2) is 46.7 Å². The first-order valence-electron chi connectivity index (χ1n) is 8.01. The summed E-state index contributed by atoms with van der Waals surface area (Å²) in [5.41, 5.74) is 3.56. The third-order valence-corrected chi connectivity index (χ3v) is 6.72. The summed E-state index contributed by atoms with van der Waals surface area (Å²) in [6.45, 7) is 4.11. The van der Waals surface area contributed by atoms with Gasteiger partial charge in [0, 0.05) is 30.4 Å². The Labute approximate surface area is 152 Å². The zero-order valence-electron chi connectivity index (χ0n) is 14.5. The number of thiazole rings is 1. The van der Waals surface area contributed by atoms with E-state index in [1.54, 1.807) is 6.07 Å². The van der Waals surface area contributed by atoms with Crippen LogP contribution < -0.4 is 4.72 Å². The van der Waals surface area contributed by atoms with Gasteiger partial charge < -0.3 is 4.57 Å². The topological polar surface area (TPSA) is 64.0 Å². The summed E-state index contributed by atoms with van der Waals surface area (Å²) in [4.78, 5) is 4.77. The van der Waals surface area contributed by atoms with E-state index in [4.69, 9.17) is 0 Å². The molecule has 0 saturated heterocycles. The molecule has 3 aromatic rings. The second-order valence-electron chi connectivity index (χ2n) is 5.97. The number of hydrogen-bond donors (Lipinski definition) is 1. The van der Waals surface area contributed by atoms with Crippen LogP contribution in [-0.2, 0) is 23.5 Å². The number of nitrogens with one attached hydrogen (secondary N) is 1. The van der Waals surface area contributed by atoms with Crippen LogP contribution >= 0.6 is 11.3 Å². The van der Waals surface area contributed by atoms with Gasteiger partial charge in [-0.05, 0) is 31.9 Å². The summed E-state index contributed by atoms with van der Waals surface area (Å²) in [7, 11) is -1.69. The second-order valence-corrected chi connectivity index (χ2v) is 8.56. The summed E-state index contributed by atoms with van der Waals surface area (Å²) in [6, 6.07) is 11.5. The predicted octanol–water partition coefficient (Wildman–Crippen LogP) is 3.29.